The maximum absolute atomic E-state index is 11.4. The predicted octanol–water partition coefficient (Wildman–Crippen LogP) is -0.452. The van der Waals surface area contributed by atoms with Crippen molar-refractivity contribution in [3.05, 3.63) is 29.8 Å². The number of methoxy groups -OCH3 is 1. The lowest BCUT2D eigenvalue weighted by Crippen LogP contribution is -2.36. The van der Waals surface area contributed by atoms with Crippen molar-refractivity contribution in [2.45, 2.75) is 19.1 Å². The third kappa shape index (κ3) is 4.42. The van der Waals surface area contributed by atoms with Crippen LogP contribution < -0.4 is 15.8 Å². The average molecular weight is 252 g/mol. The quantitative estimate of drug-likeness (QED) is 0.638. The van der Waals surface area contributed by atoms with E-state index in [0.717, 1.165) is 5.56 Å². The van der Waals surface area contributed by atoms with Crippen molar-refractivity contribution in [2.75, 3.05) is 7.11 Å². The molecule has 18 heavy (non-hydrogen) atoms. The molecule has 0 saturated heterocycles. The third-order valence-corrected chi connectivity index (χ3v) is 2.30. The number of hydrogen-bond donors (Lipinski definition) is 3. The van der Waals surface area contributed by atoms with Crippen molar-refractivity contribution in [3.8, 4) is 5.75 Å². The second kappa shape index (κ2) is 6.61. The molecule has 0 radical (unpaired) electrons. The minimum absolute atomic E-state index is 0.242. The van der Waals surface area contributed by atoms with E-state index in [-0.39, 0.29) is 13.0 Å². The highest BCUT2D eigenvalue weighted by Crippen LogP contribution is 2.12. The summed E-state index contributed by atoms with van der Waals surface area (Å²) in [5.74, 6) is -0.671. The molecular weight excluding hydrogens is 236 g/mol. The maximum Gasteiger partial charge on any atom is 0.249 e. The van der Waals surface area contributed by atoms with Crippen LogP contribution in [0.25, 0.3) is 0 Å². The number of nitrogens with two attached hydrogens (primary N) is 1. The van der Waals surface area contributed by atoms with Crippen LogP contribution >= 0.6 is 0 Å². The van der Waals surface area contributed by atoms with Gasteiger partial charge in [0.1, 0.15) is 11.9 Å². The Bertz CT molecular complexity index is 434. The van der Waals surface area contributed by atoms with Gasteiger partial charge in [-0.05, 0) is 17.7 Å². The summed E-state index contributed by atoms with van der Waals surface area (Å²) in [6.07, 6.45) is -1.79. The summed E-state index contributed by atoms with van der Waals surface area (Å²) in [6.45, 7) is 0.242. The highest BCUT2D eigenvalue weighted by Gasteiger charge is 2.16. The number of ether oxygens (including phenoxy) is 1. The fourth-order valence-electron chi connectivity index (χ4n) is 1.37. The van der Waals surface area contributed by atoms with E-state index >= 15 is 0 Å². The van der Waals surface area contributed by atoms with Crippen molar-refractivity contribution in [3.63, 3.8) is 0 Å². The molecule has 1 atom stereocenters. The molecule has 0 aliphatic carbocycles. The van der Waals surface area contributed by atoms with Gasteiger partial charge in [0.05, 0.1) is 13.5 Å². The molecule has 2 amide bonds. The van der Waals surface area contributed by atoms with Gasteiger partial charge < -0.3 is 20.9 Å². The van der Waals surface area contributed by atoms with Gasteiger partial charge in [0.15, 0.2) is 0 Å². The molecule has 0 bridgehead atoms. The zero-order valence-electron chi connectivity index (χ0n) is 10.1. The number of carbonyl (C=O) groups excluding carboxylic acids is 2. The Kier molecular flexibility index (Phi) is 5.13. The lowest BCUT2D eigenvalue weighted by Gasteiger charge is -2.10. The number of aliphatic hydroxyl groups excluding tert-OH is 1. The van der Waals surface area contributed by atoms with Gasteiger partial charge in [-0.3, -0.25) is 9.59 Å². The normalized spacial score (nSPS) is 11.7. The molecule has 1 unspecified atom stereocenters. The van der Waals surface area contributed by atoms with Crippen molar-refractivity contribution < 1.29 is 19.4 Å². The van der Waals surface area contributed by atoms with Crippen LogP contribution in [0.2, 0.25) is 0 Å². The predicted molar refractivity (Wildman–Crippen MR) is 64.7 cm³/mol. The summed E-state index contributed by atoms with van der Waals surface area (Å²) in [6, 6.07) is 7.15. The van der Waals surface area contributed by atoms with Crippen LogP contribution in [-0.2, 0) is 16.1 Å². The van der Waals surface area contributed by atoms with E-state index < -0.39 is 17.9 Å². The number of amides is 2. The highest BCUT2D eigenvalue weighted by molar-refractivity contribution is 5.86. The van der Waals surface area contributed by atoms with Gasteiger partial charge in [0, 0.05) is 6.54 Å². The van der Waals surface area contributed by atoms with Crippen LogP contribution in [0.15, 0.2) is 24.3 Å². The number of hydrogen-bond acceptors (Lipinski definition) is 4. The van der Waals surface area contributed by atoms with Crippen LogP contribution in [0.5, 0.6) is 5.75 Å². The number of rotatable bonds is 6. The molecule has 0 spiro atoms. The summed E-state index contributed by atoms with van der Waals surface area (Å²) in [5.41, 5.74) is 5.71. The topological polar surface area (TPSA) is 102 Å². The van der Waals surface area contributed by atoms with E-state index in [0.29, 0.717) is 5.75 Å². The first-order valence-electron chi connectivity index (χ1n) is 5.40. The fourth-order valence-corrected chi connectivity index (χ4v) is 1.37. The number of nitrogens with one attached hydrogen (secondary N) is 1. The smallest absolute Gasteiger partial charge is 0.249 e. The minimum atomic E-state index is -1.41. The van der Waals surface area contributed by atoms with Gasteiger partial charge in [0.25, 0.3) is 0 Å². The van der Waals surface area contributed by atoms with Crippen molar-refractivity contribution in [1.29, 1.82) is 0 Å². The van der Waals surface area contributed by atoms with Crippen molar-refractivity contribution in [2.24, 2.45) is 5.73 Å². The summed E-state index contributed by atoms with van der Waals surface area (Å²) in [4.78, 5) is 21.9. The summed E-state index contributed by atoms with van der Waals surface area (Å²) in [5, 5.41) is 11.8. The van der Waals surface area contributed by atoms with Crippen molar-refractivity contribution in [1.82, 2.24) is 5.32 Å². The highest BCUT2D eigenvalue weighted by atomic mass is 16.5. The average Bonchev–Trinajstić information content (AvgIpc) is 2.35. The van der Waals surface area contributed by atoms with Crippen LogP contribution in [0.4, 0.5) is 0 Å². The Morgan fingerprint density at radius 1 is 1.50 bits per heavy atom. The number of primary amides is 1. The first kappa shape index (κ1) is 14.0. The van der Waals surface area contributed by atoms with Gasteiger partial charge in [-0.1, -0.05) is 12.1 Å². The third-order valence-electron chi connectivity index (χ3n) is 2.30. The second-order valence-electron chi connectivity index (χ2n) is 3.76. The monoisotopic (exact) mass is 252 g/mol. The Morgan fingerprint density at radius 3 is 2.83 bits per heavy atom. The molecule has 98 valence electrons. The maximum atomic E-state index is 11.4. The molecule has 0 aromatic heterocycles. The molecule has 0 heterocycles. The summed E-state index contributed by atoms with van der Waals surface area (Å²) in [7, 11) is 1.55. The zero-order valence-corrected chi connectivity index (χ0v) is 10.1. The van der Waals surface area contributed by atoms with E-state index in [1.807, 2.05) is 6.07 Å². The van der Waals surface area contributed by atoms with Crippen LogP contribution in [-0.4, -0.2) is 30.1 Å². The molecule has 1 aromatic carbocycles. The number of benzene rings is 1. The Hall–Kier alpha value is -2.08. The lowest BCUT2D eigenvalue weighted by molar-refractivity contribution is -0.133. The van der Waals surface area contributed by atoms with Crippen LogP contribution in [0.3, 0.4) is 0 Å². The van der Waals surface area contributed by atoms with Gasteiger partial charge >= 0.3 is 0 Å². The first-order chi connectivity index (χ1) is 8.52. The Labute approximate surface area is 105 Å². The number of aliphatic hydroxyl groups is 1. The molecule has 1 rings (SSSR count). The largest absolute Gasteiger partial charge is 0.497 e. The summed E-state index contributed by atoms with van der Waals surface area (Å²) < 4.78 is 5.04. The van der Waals surface area contributed by atoms with Crippen molar-refractivity contribution >= 4 is 11.8 Å². The molecule has 0 aliphatic heterocycles. The fraction of sp³-hybridized carbons (Fsp3) is 0.333. The van der Waals surface area contributed by atoms with Gasteiger partial charge in [-0.15, -0.1) is 0 Å². The first-order valence-corrected chi connectivity index (χ1v) is 5.40. The van der Waals surface area contributed by atoms with E-state index in [1.165, 1.54) is 0 Å². The molecule has 4 N–H and O–H groups in total. The number of carbonyl (C=O) groups is 2. The van der Waals surface area contributed by atoms with E-state index in [9.17, 15) is 14.7 Å². The molecule has 0 saturated carbocycles. The van der Waals surface area contributed by atoms with Crippen LogP contribution in [0, 0.1) is 0 Å². The van der Waals surface area contributed by atoms with Gasteiger partial charge in [-0.25, -0.2) is 0 Å². The molecular formula is C12H16N2O4. The van der Waals surface area contributed by atoms with Crippen LogP contribution in [0.1, 0.15) is 12.0 Å². The molecule has 0 aliphatic rings. The zero-order chi connectivity index (χ0) is 13.5. The lowest BCUT2D eigenvalue weighted by atomic mass is 10.2. The van der Waals surface area contributed by atoms with Gasteiger partial charge in [0.2, 0.25) is 11.8 Å². The van der Waals surface area contributed by atoms with E-state index in [4.69, 9.17) is 10.5 Å². The Morgan fingerprint density at radius 2 is 2.22 bits per heavy atom. The summed E-state index contributed by atoms with van der Waals surface area (Å²) >= 11 is 0. The Balaban J connectivity index is 2.49. The molecule has 1 aromatic rings. The second-order valence-corrected chi connectivity index (χ2v) is 3.76. The minimum Gasteiger partial charge on any atom is -0.497 e. The molecule has 0 fully saturated rings. The van der Waals surface area contributed by atoms with E-state index in [2.05, 4.69) is 5.32 Å². The molecule has 6 heteroatoms. The van der Waals surface area contributed by atoms with Gasteiger partial charge in [-0.2, -0.15) is 0 Å². The van der Waals surface area contributed by atoms with E-state index in [1.54, 1.807) is 25.3 Å². The molecule has 6 nitrogen and oxygen atoms in total. The standard InChI is InChI=1S/C12H16N2O4/c1-18-9-4-2-3-8(5-9)7-14-12(17)10(15)6-11(13)16/h2-5,10,15H,6-7H2,1H3,(H2,13,16)(H,14,17). The SMILES string of the molecule is COc1cccc(CNC(=O)C(O)CC(N)=O)c1.